The summed E-state index contributed by atoms with van der Waals surface area (Å²) in [7, 11) is 3.03. The van der Waals surface area contributed by atoms with Gasteiger partial charge in [0.15, 0.2) is 0 Å². The van der Waals surface area contributed by atoms with Crippen molar-refractivity contribution in [2.45, 2.75) is 44.6 Å². The first-order valence-electron chi connectivity index (χ1n) is 13.2. The fourth-order valence-corrected chi connectivity index (χ4v) is 4.84. The lowest BCUT2D eigenvalue weighted by atomic mass is 10.1. The molecule has 0 unspecified atom stereocenters. The summed E-state index contributed by atoms with van der Waals surface area (Å²) in [5.74, 6) is 0.230. The fraction of sp³-hybridized carbons (Fsp3) is 0.345. The van der Waals surface area contributed by atoms with Crippen LogP contribution in [0, 0.1) is 0 Å². The number of anilines is 3. The summed E-state index contributed by atoms with van der Waals surface area (Å²) >= 11 is 6.53. The van der Waals surface area contributed by atoms with Crippen LogP contribution in [0.15, 0.2) is 54.6 Å². The molecule has 0 aliphatic heterocycles. The van der Waals surface area contributed by atoms with E-state index in [9.17, 15) is 14.4 Å². The zero-order valence-electron chi connectivity index (χ0n) is 22.6. The smallest absolute Gasteiger partial charge is 0.323 e. The van der Waals surface area contributed by atoms with Gasteiger partial charge in [-0.3, -0.25) is 9.59 Å². The Balaban J connectivity index is 1.46. The molecule has 3 amide bonds. The van der Waals surface area contributed by atoms with Crippen molar-refractivity contribution in [2.75, 3.05) is 36.2 Å². The largest absolute Gasteiger partial charge is 0.469 e. The molecule has 1 aliphatic carbocycles. The van der Waals surface area contributed by atoms with E-state index in [1.165, 1.54) is 7.11 Å². The average Bonchev–Trinajstić information content (AvgIpc) is 3.44. The first kappa shape index (κ1) is 28.8. The number of carbonyl (C=O) groups is 3. The van der Waals surface area contributed by atoms with Gasteiger partial charge in [0.25, 0.3) is 0 Å². The van der Waals surface area contributed by atoms with E-state index in [0.29, 0.717) is 35.0 Å². The van der Waals surface area contributed by atoms with E-state index < -0.39 is 5.97 Å². The number of carbonyl (C=O) groups excluding carboxylic acids is 3. The molecule has 11 heteroatoms. The van der Waals surface area contributed by atoms with Crippen molar-refractivity contribution in [1.82, 2.24) is 15.3 Å². The normalized spacial score (nSPS) is 13.0. The molecule has 0 radical (unpaired) electrons. The highest BCUT2D eigenvalue weighted by Gasteiger charge is 2.23. The van der Waals surface area contributed by atoms with Crippen molar-refractivity contribution >= 4 is 46.7 Å². The third-order valence-electron chi connectivity index (χ3n) is 6.60. The second-order valence-electron chi connectivity index (χ2n) is 9.71. The van der Waals surface area contributed by atoms with Crippen molar-refractivity contribution in [1.29, 1.82) is 0 Å². The Morgan fingerprint density at radius 3 is 2.27 bits per heavy atom. The number of likely N-dealkylation sites (N-methyl/N-ethyl adjacent to an activating group) is 1. The van der Waals surface area contributed by atoms with Crippen LogP contribution in [0.1, 0.15) is 42.6 Å². The lowest BCUT2D eigenvalue weighted by molar-refractivity contribution is -0.139. The molecule has 0 bridgehead atoms. The maximum Gasteiger partial charge on any atom is 0.323 e. The Bertz CT molecular complexity index is 1330. The molecule has 0 saturated heterocycles. The molecule has 4 rings (SSSR count). The predicted molar refractivity (Wildman–Crippen MR) is 155 cm³/mol. The van der Waals surface area contributed by atoms with E-state index in [4.69, 9.17) is 16.3 Å². The number of esters is 1. The second kappa shape index (κ2) is 13.7. The minimum Gasteiger partial charge on any atom is -0.469 e. The third-order valence-corrected chi connectivity index (χ3v) is 6.91. The number of ether oxygens (including phenoxy) is 1. The number of benzene rings is 2. The molecule has 1 aliphatic rings. The predicted octanol–water partition coefficient (Wildman–Crippen LogP) is 4.58. The number of hydrogen-bond donors (Lipinski definition) is 3. The van der Waals surface area contributed by atoms with Gasteiger partial charge >= 0.3 is 12.0 Å². The highest BCUT2D eigenvalue weighted by atomic mass is 35.5. The average molecular weight is 565 g/mol. The number of rotatable bonds is 10. The molecule has 1 heterocycles. The minimum atomic E-state index is -0.484. The molecule has 0 atom stereocenters. The van der Waals surface area contributed by atoms with E-state index in [1.807, 2.05) is 30.3 Å². The maximum atomic E-state index is 12.7. The number of nitrogens with zero attached hydrogens (tertiary/aromatic N) is 3. The van der Waals surface area contributed by atoms with Gasteiger partial charge in [-0.2, -0.15) is 0 Å². The molecule has 3 N–H and O–H groups in total. The number of para-hydroxylation sites is 1. The number of methoxy groups -OCH3 is 1. The van der Waals surface area contributed by atoms with E-state index >= 15 is 0 Å². The van der Waals surface area contributed by atoms with Crippen molar-refractivity contribution < 1.29 is 19.1 Å². The summed E-state index contributed by atoms with van der Waals surface area (Å²) in [5.41, 5.74) is 2.60. The Kier molecular flexibility index (Phi) is 9.91. The zero-order chi connectivity index (χ0) is 28.5. The van der Waals surface area contributed by atoms with Gasteiger partial charge in [0, 0.05) is 36.4 Å². The van der Waals surface area contributed by atoms with Crippen molar-refractivity contribution in [3.8, 4) is 0 Å². The Labute approximate surface area is 238 Å². The standard InChI is InChI=1S/C29H33ClN6O4/c1-36(18-25(37)31-20-10-6-7-11-20)28-23(17-26(38)40-2)27(30)34-24(35-28)16-19-12-14-22(15-13-19)33-29(39)32-21-8-4-3-5-9-21/h3-5,8-9,12-15,20H,6-7,10-11,16-18H2,1-2H3,(H,31,37)(H2,32,33,39). The van der Waals surface area contributed by atoms with Crippen LogP contribution in [-0.4, -0.2) is 54.6 Å². The van der Waals surface area contributed by atoms with E-state index in [2.05, 4.69) is 25.9 Å². The summed E-state index contributed by atoms with van der Waals surface area (Å²) in [5, 5.41) is 8.77. The SMILES string of the molecule is COC(=O)Cc1c(Cl)nc(Cc2ccc(NC(=O)Nc3ccccc3)cc2)nc1N(C)CC(=O)NC1CCCC1. The quantitative estimate of drug-likeness (QED) is 0.243. The van der Waals surface area contributed by atoms with E-state index in [-0.39, 0.29) is 36.1 Å². The van der Waals surface area contributed by atoms with Gasteiger partial charge in [0.2, 0.25) is 5.91 Å². The molecule has 3 aromatic rings. The van der Waals surface area contributed by atoms with E-state index in [1.54, 1.807) is 36.2 Å². The third kappa shape index (κ3) is 8.16. The first-order valence-corrected chi connectivity index (χ1v) is 13.5. The molecular weight excluding hydrogens is 532 g/mol. The molecule has 10 nitrogen and oxygen atoms in total. The Morgan fingerprint density at radius 2 is 1.62 bits per heavy atom. The lowest BCUT2D eigenvalue weighted by Crippen LogP contribution is -2.40. The number of aromatic nitrogens is 2. The number of urea groups is 1. The molecule has 1 aromatic heterocycles. The van der Waals surface area contributed by atoms with Crippen LogP contribution < -0.4 is 20.9 Å². The van der Waals surface area contributed by atoms with E-state index in [0.717, 1.165) is 31.2 Å². The summed E-state index contributed by atoms with van der Waals surface area (Å²) in [4.78, 5) is 47.8. The summed E-state index contributed by atoms with van der Waals surface area (Å²) in [6.07, 6.45) is 4.44. The molecular formula is C29H33ClN6O4. The number of amides is 3. The Morgan fingerprint density at radius 1 is 0.975 bits per heavy atom. The van der Waals surface area contributed by atoms with Crippen LogP contribution in [0.25, 0.3) is 0 Å². The first-order chi connectivity index (χ1) is 19.3. The van der Waals surface area contributed by atoms with Crippen molar-refractivity contribution in [3.05, 3.63) is 76.7 Å². The summed E-state index contributed by atoms with van der Waals surface area (Å²) in [6, 6.07) is 16.3. The van der Waals surface area contributed by atoms with Crippen LogP contribution in [0.2, 0.25) is 5.15 Å². The van der Waals surface area contributed by atoms with Crippen LogP contribution in [0.4, 0.5) is 22.0 Å². The number of hydrogen-bond acceptors (Lipinski definition) is 7. The van der Waals surface area contributed by atoms with Gasteiger partial charge in [0.1, 0.15) is 16.8 Å². The van der Waals surface area contributed by atoms with Gasteiger partial charge in [-0.25, -0.2) is 14.8 Å². The minimum absolute atomic E-state index is 0.0584. The summed E-state index contributed by atoms with van der Waals surface area (Å²) in [6.45, 7) is 0.0584. The molecule has 40 heavy (non-hydrogen) atoms. The van der Waals surface area contributed by atoms with Crippen LogP contribution in [-0.2, 0) is 27.2 Å². The zero-order valence-corrected chi connectivity index (χ0v) is 23.3. The molecule has 2 aromatic carbocycles. The topological polar surface area (TPSA) is 126 Å². The maximum absolute atomic E-state index is 12.7. The molecule has 0 spiro atoms. The molecule has 1 fully saturated rings. The highest BCUT2D eigenvalue weighted by Crippen LogP contribution is 2.26. The summed E-state index contributed by atoms with van der Waals surface area (Å²) < 4.78 is 4.83. The monoisotopic (exact) mass is 564 g/mol. The lowest BCUT2D eigenvalue weighted by Gasteiger charge is -2.23. The van der Waals surface area contributed by atoms with Crippen molar-refractivity contribution in [3.63, 3.8) is 0 Å². The fourth-order valence-electron chi connectivity index (χ4n) is 4.59. The second-order valence-corrected chi connectivity index (χ2v) is 10.1. The molecule has 210 valence electrons. The van der Waals surface area contributed by atoms with Gasteiger partial charge in [-0.1, -0.05) is 54.8 Å². The highest BCUT2D eigenvalue weighted by molar-refractivity contribution is 6.30. The van der Waals surface area contributed by atoms with Gasteiger partial charge in [-0.05, 0) is 42.7 Å². The van der Waals surface area contributed by atoms with Gasteiger partial charge in [0.05, 0.1) is 20.1 Å². The van der Waals surface area contributed by atoms with Crippen LogP contribution in [0.5, 0.6) is 0 Å². The number of halogens is 1. The number of nitrogens with one attached hydrogen (secondary N) is 3. The van der Waals surface area contributed by atoms with Gasteiger partial charge in [-0.15, -0.1) is 0 Å². The van der Waals surface area contributed by atoms with Crippen LogP contribution in [0.3, 0.4) is 0 Å². The van der Waals surface area contributed by atoms with Crippen molar-refractivity contribution in [2.24, 2.45) is 0 Å². The van der Waals surface area contributed by atoms with Gasteiger partial charge < -0.3 is 25.6 Å². The Hall–Kier alpha value is -4.18. The molecule has 1 saturated carbocycles. The van der Waals surface area contributed by atoms with Crippen LogP contribution >= 0.6 is 11.6 Å².